The number of aromatic nitrogens is 4. The molecular formula is C14H15N6O4P. The molecule has 11 heteroatoms. The largest absolute Gasteiger partial charge is 0.364 e. The van der Waals surface area contributed by atoms with Gasteiger partial charge < -0.3 is 20.4 Å². The molecule has 0 aliphatic heterocycles. The number of hydrogen-bond acceptors (Lipinski definition) is 6. The van der Waals surface area contributed by atoms with Crippen LogP contribution in [-0.2, 0) is 11.1 Å². The van der Waals surface area contributed by atoms with Crippen LogP contribution < -0.4 is 15.9 Å². The van der Waals surface area contributed by atoms with Gasteiger partial charge in [0.1, 0.15) is 17.5 Å². The molecule has 0 atom stereocenters. The Labute approximate surface area is 141 Å². The summed E-state index contributed by atoms with van der Waals surface area (Å²) in [4.78, 5) is 38.2. The fourth-order valence-electron chi connectivity index (χ4n) is 2.24. The molecule has 1 amide bonds. The van der Waals surface area contributed by atoms with E-state index in [1.54, 1.807) is 12.1 Å². The number of nitrogens with one attached hydrogen (secondary N) is 3. The average molecular weight is 362 g/mol. The second-order valence-corrected chi connectivity index (χ2v) is 6.77. The SMILES string of the molecule is CNC(=O)c1[nH]nc2c(NCc3ccc(P(=O)(O)O)cc3)ncnc12. The molecule has 25 heavy (non-hydrogen) atoms. The minimum absolute atomic E-state index is 0.0387. The highest BCUT2D eigenvalue weighted by atomic mass is 31.2. The second-order valence-electron chi connectivity index (χ2n) is 5.16. The van der Waals surface area contributed by atoms with E-state index in [-0.39, 0.29) is 16.9 Å². The number of amides is 1. The smallest absolute Gasteiger partial charge is 0.356 e. The predicted octanol–water partition coefficient (Wildman–Crippen LogP) is 0.128. The molecule has 0 fully saturated rings. The molecule has 0 bridgehead atoms. The molecule has 2 aromatic heterocycles. The van der Waals surface area contributed by atoms with Crippen LogP contribution in [0.1, 0.15) is 16.1 Å². The second kappa shape index (κ2) is 6.60. The van der Waals surface area contributed by atoms with Crippen molar-refractivity contribution in [3.05, 3.63) is 41.9 Å². The van der Waals surface area contributed by atoms with E-state index in [2.05, 4.69) is 30.8 Å². The van der Waals surface area contributed by atoms with E-state index in [1.807, 2.05) is 0 Å². The fraction of sp³-hybridized carbons (Fsp3) is 0.143. The Kier molecular flexibility index (Phi) is 4.49. The van der Waals surface area contributed by atoms with E-state index in [9.17, 15) is 9.36 Å². The van der Waals surface area contributed by atoms with Crippen molar-refractivity contribution in [1.82, 2.24) is 25.5 Å². The maximum Gasteiger partial charge on any atom is 0.356 e. The molecule has 0 aliphatic rings. The van der Waals surface area contributed by atoms with Crippen LogP contribution in [0.25, 0.3) is 11.0 Å². The Morgan fingerprint density at radius 2 is 1.92 bits per heavy atom. The number of fused-ring (bicyclic) bond motifs is 1. The number of carbonyl (C=O) groups excluding carboxylic acids is 1. The highest BCUT2D eigenvalue weighted by molar-refractivity contribution is 7.60. The first-order valence-corrected chi connectivity index (χ1v) is 8.81. The van der Waals surface area contributed by atoms with Crippen molar-refractivity contribution < 1.29 is 19.1 Å². The summed E-state index contributed by atoms with van der Waals surface area (Å²) in [5, 5.41) is 12.2. The van der Waals surface area contributed by atoms with Gasteiger partial charge in [-0.25, -0.2) is 9.97 Å². The third-order valence-corrected chi connectivity index (χ3v) is 4.50. The van der Waals surface area contributed by atoms with Crippen LogP contribution in [0, 0.1) is 0 Å². The van der Waals surface area contributed by atoms with E-state index in [4.69, 9.17) is 9.79 Å². The van der Waals surface area contributed by atoms with Gasteiger partial charge >= 0.3 is 7.60 Å². The number of aromatic amines is 1. The predicted molar refractivity (Wildman–Crippen MR) is 90.5 cm³/mol. The lowest BCUT2D eigenvalue weighted by Crippen LogP contribution is -2.18. The highest BCUT2D eigenvalue weighted by Crippen LogP contribution is 2.32. The van der Waals surface area contributed by atoms with Gasteiger partial charge in [0.2, 0.25) is 0 Å². The summed E-state index contributed by atoms with van der Waals surface area (Å²) >= 11 is 0. The zero-order chi connectivity index (χ0) is 18.0. The molecule has 3 aromatic rings. The van der Waals surface area contributed by atoms with Gasteiger partial charge in [0.05, 0.1) is 5.30 Å². The van der Waals surface area contributed by atoms with Crippen molar-refractivity contribution in [3.8, 4) is 0 Å². The van der Waals surface area contributed by atoms with Crippen molar-refractivity contribution in [2.45, 2.75) is 6.54 Å². The van der Waals surface area contributed by atoms with Crippen molar-refractivity contribution in [3.63, 3.8) is 0 Å². The van der Waals surface area contributed by atoms with Gasteiger partial charge in [0, 0.05) is 13.6 Å². The molecule has 0 radical (unpaired) electrons. The van der Waals surface area contributed by atoms with Crippen LogP contribution in [0.4, 0.5) is 5.82 Å². The summed E-state index contributed by atoms with van der Waals surface area (Å²) in [5.41, 5.74) is 1.86. The fourth-order valence-corrected chi connectivity index (χ4v) is 2.78. The Bertz CT molecular complexity index is 965. The number of rotatable bonds is 5. The molecule has 0 saturated heterocycles. The quantitative estimate of drug-likeness (QED) is 0.401. The lowest BCUT2D eigenvalue weighted by Gasteiger charge is -2.08. The van der Waals surface area contributed by atoms with E-state index >= 15 is 0 Å². The summed E-state index contributed by atoms with van der Waals surface area (Å²) in [6.07, 6.45) is 1.32. The van der Waals surface area contributed by atoms with E-state index in [1.165, 1.54) is 25.5 Å². The maximum atomic E-state index is 11.8. The molecule has 3 rings (SSSR count). The highest BCUT2D eigenvalue weighted by Gasteiger charge is 2.17. The van der Waals surface area contributed by atoms with Crippen LogP contribution >= 0.6 is 7.60 Å². The minimum atomic E-state index is -4.25. The van der Waals surface area contributed by atoms with Crippen LogP contribution in [0.15, 0.2) is 30.6 Å². The lowest BCUT2D eigenvalue weighted by molar-refractivity contribution is 0.0959. The number of H-pyrrole nitrogens is 1. The van der Waals surface area contributed by atoms with Crippen molar-refractivity contribution in [2.24, 2.45) is 0 Å². The zero-order valence-electron chi connectivity index (χ0n) is 13.1. The number of anilines is 1. The first-order valence-electron chi connectivity index (χ1n) is 7.20. The Balaban J connectivity index is 1.81. The molecule has 2 heterocycles. The topological polar surface area (TPSA) is 153 Å². The molecule has 1 aromatic carbocycles. The van der Waals surface area contributed by atoms with E-state index in [0.29, 0.717) is 23.4 Å². The molecule has 130 valence electrons. The van der Waals surface area contributed by atoms with Gasteiger partial charge in [0.15, 0.2) is 11.3 Å². The monoisotopic (exact) mass is 362 g/mol. The van der Waals surface area contributed by atoms with Crippen LogP contribution in [0.3, 0.4) is 0 Å². The summed E-state index contributed by atoms with van der Waals surface area (Å²) in [6.45, 7) is 0.357. The average Bonchev–Trinajstić information content (AvgIpc) is 3.03. The summed E-state index contributed by atoms with van der Waals surface area (Å²) in [6, 6.07) is 5.98. The molecule has 0 aliphatic carbocycles. The first kappa shape index (κ1) is 17.0. The lowest BCUT2D eigenvalue weighted by atomic mass is 10.2. The standard InChI is InChI=1S/C14H15N6O4P/c1-15-14(21)12-10-11(19-20-12)13(18-7-17-10)16-6-8-2-4-9(5-3-8)25(22,23)24/h2-5,7H,6H2,1H3,(H,15,21)(H,19,20)(H,16,17,18)(H2,22,23,24). The van der Waals surface area contributed by atoms with Crippen molar-refractivity contribution >= 4 is 35.7 Å². The van der Waals surface area contributed by atoms with Gasteiger partial charge in [-0.05, 0) is 17.7 Å². The van der Waals surface area contributed by atoms with Crippen molar-refractivity contribution in [1.29, 1.82) is 0 Å². The van der Waals surface area contributed by atoms with Gasteiger partial charge in [-0.15, -0.1) is 0 Å². The molecule has 10 nitrogen and oxygen atoms in total. The number of benzene rings is 1. The van der Waals surface area contributed by atoms with Gasteiger partial charge in [0.25, 0.3) is 5.91 Å². The molecule has 0 saturated carbocycles. The van der Waals surface area contributed by atoms with Gasteiger partial charge in [-0.1, -0.05) is 12.1 Å². The number of hydrogen-bond donors (Lipinski definition) is 5. The Morgan fingerprint density at radius 3 is 2.56 bits per heavy atom. The Morgan fingerprint density at radius 1 is 1.20 bits per heavy atom. The van der Waals surface area contributed by atoms with Crippen LogP contribution in [0.5, 0.6) is 0 Å². The summed E-state index contributed by atoms with van der Waals surface area (Å²) in [7, 11) is -2.74. The maximum absolute atomic E-state index is 11.8. The summed E-state index contributed by atoms with van der Waals surface area (Å²) in [5.74, 6) is 0.107. The first-order chi connectivity index (χ1) is 11.9. The van der Waals surface area contributed by atoms with Gasteiger partial charge in [-0.3, -0.25) is 14.5 Å². The minimum Gasteiger partial charge on any atom is -0.364 e. The van der Waals surface area contributed by atoms with Crippen molar-refractivity contribution in [2.75, 3.05) is 12.4 Å². The molecule has 0 unspecified atom stereocenters. The molecule has 5 N–H and O–H groups in total. The molecular weight excluding hydrogens is 347 g/mol. The van der Waals surface area contributed by atoms with Crippen LogP contribution in [0.2, 0.25) is 0 Å². The third-order valence-electron chi connectivity index (χ3n) is 3.53. The third kappa shape index (κ3) is 3.50. The number of carbonyl (C=O) groups is 1. The summed E-state index contributed by atoms with van der Waals surface area (Å²) < 4.78 is 11.2. The van der Waals surface area contributed by atoms with E-state index < -0.39 is 7.60 Å². The Hall–Kier alpha value is -2.81. The number of nitrogens with zero attached hydrogens (tertiary/aromatic N) is 3. The van der Waals surface area contributed by atoms with E-state index in [0.717, 1.165) is 5.56 Å². The molecule has 0 spiro atoms. The van der Waals surface area contributed by atoms with Crippen LogP contribution in [-0.4, -0.2) is 42.9 Å². The van der Waals surface area contributed by atoms with Gasteiger partial charge in [-0.2, -0.15) is 5.10 Å². The normalized spacial score (nSPS) is 11.5. The zero-order valence-corrected chi connectivity index (χ0v) is 14.0.